The van der Waals surface area contributed by atoms with Gasteiger partial charge in [0, 0.05) is 16.5 Å². The molecule has 1 aromatic heterocycles. The number of methoxy groups -OCH3 is 1. The van der Waals surface area contributed by atoms with E-state index in [9.17, 15) is 24.0 Å². The van der Waals surface area contributed by atoms with Gasteiger partial charge in [-0.1, -0.05) is 53.4 Å². The summed E-state index contributed by atoms with van der Waals surface area (Å²) in [5, 5.41) is 2.45. The highest BCUT2D eigenvalue weighted by molar-refractivity contribution is 8.00. The zero-order valence-corrected chi connectivity index (χ0v) is 25.4. The first-order chi connectivity index (χ1) is 21.3. The van der Waals surface area contributed by atoms with E-state index in [1.54, 1.807) is 62.6 Å². The third kappa shape index (κ3) is 5.31. The van der Waals surface area contributed by atoms with Crippen molar-refractivity contribution in [3.05, 3.63) is 105 Å². The maximum atomic E-state index is 14.1. The minimum Gasteiger partial charge on any atom is -0.497 e. The fourth-order valence-electron chi connectivity index (χ4n) is 5.51. The van der Waals surface area contributed by atoms with E-state index in [1.165, 1.54) is 16.7 Å². The Morgan fingerprint density at radius 3 is 2.27 bits per heavy atom. The van der Waals surface area contributed by atoms with Crippen molar-refractivity contribution in [2.45, 2.75) is 29.7 Å². The average Bonchev–Trinajstić information content (AvgIpc) is 3.48. The molecular formula is C32H27N3O7S2. The molecule has 0 spiro atoms. The summed E-state index contributed by atoms with van der Waals surface area (Å²) in [5.74, 6) is -2.52. The van der Waals surface area contributed by atoms with Crippen LogP contribution in [0, 0.1) is 5.92 Å². The number of fused-ring (bicyclic) bond motifs is 2. The number of aromatic nitrogens is 1. The molecule has 0 saturated carbocycles. The second kappa shape index (κ2) is 12.1. The Hall–Kier alpha value is -4.68. The third-order valence-electron chi connectivity index (χ3n) is 7.52. The number of ether oxygens (including phenoxy) is 2. The summed E-state index contributed by atoms with van der Waals surface area (Å²) in [5.41, 5.74) is 1.97. The third-order valence-corrected chi connectivity index (χ3v) is 10.1. The Kier molecular flexibility index (Phi) is 8.11. The first kappa shape index (κ1) is 29.4. The van der Waals surface area contributed by atoms with Crippen LogP contribution in [0.3, 0.4) is 0 Å². The molecule has 3 heterocycles. The number of hydrogen-bond donors (Lipinski definition) is 1. The minimum absolute atomic E-state index is 0.222. The molecule has 0 bridgehead atoms. The molecule has 10 nitrogen and oxygen atoms in total. The summed E-state index contributed by atoms with van der Waals surface area (Å²) >= 11 is 2.12. The second-order valence-corrected chi connectivity index (χ2v) is 12.3. The minimum atomic E-state index is -0.843. The normalized spacial score (nSPS) is 18.9. The van der Waals surface area contributed by atoms with Crippen molar-refractivity contribution in [1.29, 1.82) is 0 Å². The number of thioether (sulfide) groups is 1. The van der Waals surface area contributed by atoms with Crippen LogP contribution in [0.1, 0.15) is 33.6 Å². The molecule has 0 unspecified atom stereocenters. The van der Waals surface area contributed by atoms with Crippen molar-refractivity contribution in [2.24, 2.45) is 5.92 Å². The molecule has 44 heavy (non-hydrogen) atoms. The highest BCUT2D eigenvalue weighted by Crippen LogP contribution is 2.54. The van der Waals surface area contributed by atoms with E-state index in [0.717, 1.165) is 33.6 Å². The van der Waals surface area contributed by atoms with E-state index in [4.69, 9.17) is 9.47 Å². The molecule has 2 aliphatic rings. The van der Waals surface area contributed by atoms with E-state index in [-0.39, 0.29) is 23.9 Å². The molecule has 1 fully saturated rings. The number of rotatable bonds is 8. The Labute approximate surface area is 260 Å². The second-order valence-electron chi connectivity index (χ2n) is 10.1. The van der Waals surface area contributed by atoms with Gasteiger partial charge < -0.3 is 14.8 Å². The van der Waals surface area contributed by atoms with Gasteiger partial charge in [0.25, 0.3) is 0 Å². The van der Waals surface area contributed by atoms with E-state index in [0.29, 0.717) is 32.6 Å². The maximum Gasteiger partial charge on any atom is 0.338 e. The number of benzene rings is 3. The molecular weight excluding hydrogens is 603 g/mol. The number of nitrogens with one attached hydrogen (secondary N) is 1. The van der Waals surface area contributed by atoms with Crippen molar-refractivity contribution in [1.82, 2.24) is 4.57 Å². The molecule has 4 aromatic rings. The molecule has 0 aliphatic carbocycles. The molecule has 3 aromatic carbocycles. The lowest BCUT2D eigenvalue weighted by Gasteiger charge is -2.30. The monoisotopic (exact) mass is 629 g/mol. The van der Waals surface area contributed by atoms with E-state index in [2.05, 4.69) is 5.32 Å². The fourth-order valence-corrected chi connectivity index (χ4v) is 8.28. The van der Waals surface area contributed by atoms with Crippen molar-refractivity contribution in [2.75, 3.05) is 23.9 Å². The van der Waals surface area contributed by atoms with E-state index < -0.39 is 34.9 Å². The highest BCUT2D eigenvalue weighted by Gasteiger charge is 2.56. The average molecular weight is 630 g/mol. The van der Waals surface area contributed by atoms with E-state index in [1.807, 2.05) is 18.2 Å². The SMILES string of the molecule is CCOC(=O)c1ccc(N2C(=O)[C@@H]3[C@H](c4ccc(OC)cc4)c4sc(=O)n(CC(=O)Nc5ccccc5)c4S[C@@H]3C2=O)cc1. The van der Waals surface area contributed by atoms with Crippen molar-refractivity contribution >= 4 is 58.2 Å². The van der Waals surface area contributed by atoms with Crippen LogP contribution in [0.25, 0.3) is 0 Å². The summed E-state index contributed by atoms with van der Waals surface area (Å²) in [6.07, 6.45) is 0. The smallest absolute Gasteiger partial charge is 0.338 e. The summed E-state index contributed by atoms with van der Waals surface area (Å²) in [4.78, 5) is 67.9. The van der Waals surface area contributed by atoms with Gasteiger partial charge in [-0.15, -0.1) is 0 Å². The summed E-state index contributed by atoms with van der Waals surface area (Å²) in [6.45, 7) is 1.68. The van der Waals surface area contributed by atoms with Crippen LogP contribution in [0.4, 0.5) is 11.4 Å². The molecule has 2 aliphatic heterocycles. The van der Waals surface area contributed by atoms with Gasteiger partial charge in [-0.25, -0.2) is 9.69 Å². The largest absolute Gasteiger partial charge is 0.497 e. The Morgan fingerprint density at radius 1 is 0.909 bits per heavy atom. The molecule has 3 atom stereocenters. The van der Waals surface area contributed by atoms with E-state index >= 15 is 0 Å². The number of esters is 1. The predicted molar refractivity (Wildman–Crippen MR) is 167 cm³/mol. The molecule has 1 N–H and O–H groups in total. The van der Waals surface area contributed by atoms with Gasteiger partial charge in [0.2, 0.25) is 17.7 Å². The van der Waals surface area contributed by atoms with Crippen molar-refractivity contribution in [3.8, 4) is 5.75 Å². The fraction of sp³-hybridized carbons (Fsp3) is 0.219. The molecule has 6 rings (SSSR count). The number of nitrogens with zero attached hydrogens (tertiary/aromatic N) is 2. The molecule has 1 saturated heterocycles. The molecule has 3 amide bonds. The summed E-state index contributed by atoms with van der Waals surface area (Å²) in [6, 6.07) is 22.2. The van der Waals surface area contributed by atoms with Gasteiger partial charge in [0.15, 0.2) is 0 Å². The van der Waals surface area contributed by atoms with Gasteiger partial charge in [-0.2, -0.15) is 0 Å². The van der Waals surface area contributed by atoms with Gasteiger partial charge in [-0.05, 0) is 61.0 Å². The zero-order chi connectivity index (χ0) is 31.0. The topological polar surface area (TPSA) is 124 Å². The number of carbonyl (C=O) groups excluding carboxylic acids is 4. The number of carbonyl (C=O) groups is 4. The number of imide groups is 1. The van der Waals surface area contributed by atoms with Crippen LogP contribution in [-0.2, 0) is 25.7 Å². The Balaban J connectivity index is 1.38. The standard InChI is InChI=1S/C32H27N3O7S2/c1-3-42-31(39)19-9-13-21(14-10-19)35-28(37)25-24(18-11-15-22(41-2)16-12-18)27-30(43-26(25)29(35)38)34(32(40)44-27)17-23(36)33-20-7-5-4-6-8-20/h4-16,24-26H,3,17H2,1-2H3,(H,33,36)/t24-,25+,26-/m0/s1. The van der Waals surface area contributed by atoms with Crippen LogP contribution < -0.4 is 19.8 Å². The van der Waals surface area contributed by atoms with Crippen LogP contribution in [0.5, 0.6) is 5.75 Å². The summed E-state index contributed by atoms with van der Waals surface area (Å²) in [7, 11) is 1.55. The van der Waals surface area contributed by atoms with Crippen molar-refractivity contribution < 1.29 is 28.7 Å². The molecule has 224 valence electrons. The number of amides is 3. The van der Waals surface area contributed by atoms with Gasteiger partial charge in [0.05, 0.1) is 35.9 Å². The quantitative estimate of drug-likeness (QED) is 0.223. The van der Waals surface area contributed by atoms with Gasteiger partial charge >= 0.3 is 10.8 Å². The number of hydrogen-bond acceptors (Lipinski definition) is 9. The van der Waals surface area contributed by atoms with Crippen LogP contribution in [0.15, 0.2) is 88.7 Å². The lowest BCUT2D eigenvalue weighted by molar-refractivity contribution is -0.122. The number of para-hydroxylation sites is 1. The lowest BCUT2D eigenvalue weighted by Crippen LogP contribution is -2.33. The zero-order valence-electron chi connectivity index (χ0n) is 23.7. The number of anilines is 2. The Bertz CT molecular complexity index is 1800. The predicted octanol–water partition coefficient (Wildman–Crippen LogP) is 4.53. The van der Waals surface area contributed by atoms with Crippen molar-refractivity contribution in [3.63, 3.8) is 0 Å². The number of thiazole rings is 1. The maximum absolute atomic E-state index is 14.1. The molecule has 12 heteroatoms. The Morgan fingerprint density at radius 2 is 1.61 bits per heavy atom. The first-order valence-electron chi connectivity index (χ1n) is 13.8. The first-order valence-corrected chi connectivity index (χ1v) is 15.5. The van der Waals surface area contributed by atoms with Crippen LogP contribution >= 0.6 is 23.1 Å². The van der Waals surface area contributed by atoms with Gasteiger partial charge in [0.1, 0.15) is 17.5 Å². The molecule has 0 radical (unpaired) electrons. The van der Waals surface area contributed by atoms with Gasteiger partial charge in [-0.3, -0.25) is 23.7 Å². The van der Waals surface area contributed by atoms with Crippen LogP contribution in [-0.4, -0.2) is 47.2 Å². The lowest BCUT2D eigenvalue weighted by atomic mass is 9.83. The summed E-state index contributed by atoms with van der Waals surface area (Å²) < 4.78 is 11.7. The van der Waals surface area contributed by atoms with Crippen LogP contribution in [0.2, 0.25) is 0 Å². The highest BCUT2D eigenvalue weighted by atomic mass is 32.2.